The average molecular weight is 386 g/mol. The van der Waals surface area contributed by atoms with E-state index in [1.807, 2.05) is 30.5 Å². The minimum Gasteiger partial charge on any atom is -0.361 e. The summed E-state index contributed by atoms with van der Waals surface area (Å²) in [5.41, 5.74) is 1.15. The van der Waals surface area contributed by atoms with Gasteiger partial charge >= 0.3 is 0 Å². The van der Waals surface area contributed by atoms with Crippen LogP contribution in [0, 0.1) is 5.92 Å². The molecule has 1 aromatic carbocycles. The highest BCUT2D eigenvalue weighted by atomic mass is 16.2. The van der Waals surface area contributed by atoms with Crippen LogP contribution >= 0.6 is 0 Å². The lowest BCUT2D eigenvalue weighted by Crippen LogP contribution is -2.56. The number of para-hydroxylation sites is 1. The Labute approximate surface area is 166 Å². The zero-order valence-electron chi connectivity index (χ0n) is 17.5. The van der Waals surface area contributed by atoms with E-state index in [9.17, 15) is 14.4 Å². The Kier molecular flexibility index (Phi) is 7.00. The summed E-state index contributed by atoms with van der Waals surface area (Å²) in [4.78, 5) is 41.7. The average Bonchev–Trinajstić information content (AvgIpc) is 3.08. The summed E-state index contributed by atoms with van der Waals surface area (Å²) >= 11 is 0. The van der Waals surface area contributed by atoms with Crippen molar-refractivity contribution >= 4 is 28.5 Å². The van der Waals surface area contributed by atoms with Gasteiger partial charge in [-0.3, -0.25) is 9.59 Å². The standard InChI is InChI=1S/C22H31N3O3/c1-15(26)9-8-10-16(20(27)25(5)22(2,3)21(28)23-4)13-17-14-24-19-12-7-6-11-18(17)19/h6-7,11-12,14,16,24H,8-10,13H2,1-5H3,(H,23,28)/t16-/m1/s1. The van der Waals surface area contributed by atoms with Gasteiger partial charge in [-0.25, -0.2) is 0 Å². The third-order valence-corrected chi connectivity index (χ3v) is 5.52. The quantitative estimate of drug-likeness (QED) is 0.696. The molecule has 1 atom stereocenters. The molecule has 6 nitrogen and oxygen atoms in total. The molecule has 2 amide bonds. The number of nitrogens with one attached hydrogen (secondary N) is 2. The van der Waals surface area contributed by atoms with E-state index in [2.05, 4.69) is 10.3 Å². The van der Waals surface area contributed by atoms with Gasteiger partial charge < -0.3 is 20.0 Å². The molecule has 0 radical (unpaired) electrons. The molecular weight excluding hydrogens is 354 g/mol. The number of rotatable bonds is 9. The number of ketones is 1. The molecule has 152 valence electrons. The zero-order chi connectivity index (χ0) is 20.9. The lowest BCUT2D eigenvalue weighted by Gasteiger charge is -2.36. The van der Waals surface area contributed by atoms with Crippen LogP contribution in [-0.4, -0.2) is 47.1 Å². The Balaban J connectivity index is 2.26. The largest absolute Gasteiger partial charge is 0.361 e. The van der Waals surface area contributed by atoms with Crippen LogP contribution < -0.4 is 5.32 Å². The fraction of sp³-hybridized carbons (Fsp3) is 0.500. The van der Waals surface area contributed by atoms with Gasteiger partial charge in [0.25, 0.3) is 0 Å². The predicted molar refractivity (Wildman–Crippen MR) is 111 cm³/mol. The molecule has 0 fully saturated rings. The normalized spacial score (nSPS) is 12.6. The summed E-state index contributed by atoms with van der Waals surface area (Å²) in [6.07, 6.45) is 4.23. The molecule has 0 unspecified atom stereocenters. The molecule has 0 saturated carbocycles. The molecule has 0 aliphatic rings. The maximum atomic E-state index is 13.3. The lowest BCUT2D eigenvalue weighted by molar-refractivity contribution is -0.147. The highest BCUT2D eigenvalue weighted by Crippen LogP contribution is 2.26. The van der Waals surface area contributed by atoms with Crippen LogP contribution in [0.5, 0.6) is 0 Å². The molecule has 1 heterocycles. The van der Waals surface area contributed by atoms with Gasteiger partial charge in [-0.05, 0) is 51.7 Å². The van der Waals surface area contributed by atoms with Gasteiger partial charge in [0.15, 0.2) is 0 Å². The second-order valence-electron chi connectivity index (χ2n) is 7.89. The number of aromatic amines is 1. The summed E-state index contributed by atoms with van der Waals surface area (Å²) < 4.78 is 0. The van der Waals surface area contributed by atoms with Crippen molar-refractivity contribution in [3.05, 3.63) is 36.0 Å². The summed E-state index contributed by atoms with van der Waals surface area (Å²) in [6, 6.07) is 7.99. The first-order valence-electron chi connectivity index (χ1n) is 9.72. The van der Waals surface area contributed by atoms with E-state index in [-0.39, 0.29) is 23.5 Å². The number of fused-ring (bicyclic) bond motifs is 1. The number of amides is 2. The van der Waals surface area contributed by atoms with Crippen molar-refractivity contribution in [2.24, 2.45) is 5.92 Å². The number of hydrogen-bond donors (Lipinski definition) is 2. The van der Waals surface area contributed by atoms with Gasteiger partial charge in [0, 0.05) is 43.5 Å². The maximum absolute atomic E-state index is 13.3. The molecule has 2 N–H and O–H groups in total. The van der Waals surface area contributed by atoms with Crippen LogP contribution in [0.4, 0.5) is 0 Å². The number of carbonyl (C=O) groups is 3. The van der Waals surface area contributed by atoms with Crippen LogP contribution in [-0.2, 0) is 20.8 Å². The Bertz CT molecular complexity index is 854. The van der Waals surface area contributed by atoms with Crippen LogP contribution in [0.15, 0.2) is 30.5 Å². The van der Waals surface area contributed by atoms with Gasteiger partial charge in [-0.1, -0.05) is 18.2 Å². The Morgan fingerprint density at radius 1 is 1.21 bits per heavy atom. The lowest BCUT2D eigenvalue weighted by atomic mass is 9.90. The molecule has 2 rings (SSSR count). The van der Waals surface area contributed by atoms with Crippen molar-refractivity contribution in [3.63, 3.8) is 0 Å². The van der Waals surface area contributed by atoms with Crippen molar-refractivity contribution in [2.45, 2.75) is 52.0 Å². The van der Waals surface area contributed by atoms with Gasteiger partial charge in [0.1, 0.15) is 11.3 Å². The van der Waals surface area contributed by atoms with E-state index in [0.717, 1.165) is 16.5 Å². The van der Waals surface area contributed by atoms with Crippen molar-refractivity contribution in [3.8, 4) is 0 Å². The van der Waals surface area contributed by atoms with Gasteiger partial charge in [-0.15, -0.1) is 0 Å². The highest BCUT2D eigenvalue weighted by molar-refractivity contribution is 5.91. The number of likely N-dealkylation sites (N-methyl/N-ethyl adjacent to an activating group) is 2. The molecule has 6 heteroatoms. The van der Waals surface area contributed by atoms with Gasteiger partial charge in [-0.2, -0.15) is 0 Å². The highest BCUT2D eigenvalue weighted by Gasteiger charge is 2.37. The zero-order valence-corrected chi connectivity index (χ0v) is 17.5. The number of aromatic nitrogens is 1. The van der Waals surface area contributed by atoms with Crippen LogP contribution in [0.1, 0.15) is 45.6 Å². The molecule has 2 aromatic rings. The summed E-state index contributed by atoms with van der Waals surface area (Å²) in [6.45, 7) is 5.04. The number of H-pyrrole nitrogens is 1. The predicted octanol–water partition coefficient (Wildman–Crippen LogP) is 3.07. The first-order chi connectivity index (χ1) is 13.2. The van der Waals surface area contributed by atoms with Crippen molar-refractivity contribution in [1.82, 2.24) is 15.2 Å². The van der Waals surface area contributed by atoms with E-state index in [1.54, 1.807) is 34.9 Å². The molecule has 0 aliphatic carbocycles. The molecule has 0 spiro atoms. The molecule has 1 aromatic heterocycles. The summed E-state index contributed by atoms with van der Waals surface area (Å²) in [5, 5.41) is 3.72. The number of hydrogen-bond acceptors (Lipinski definition) is 3. The van der Waals surface area contributed by atoms with Crippen LogP contribution in [0.3, 0.4) is 0 Å². The SMILES string of the molecule is CNC(=O)C(C)(C)N(C)C(=O)[C@H](CCCC(C)=O)Cc1c[nH]c2ccccc12. The molecule has 0 saturated heterocycles. The minimum atomic E-state index is -0.953. The molecule has 28 heavy (non-hydrogen) atoms. The van der Waals surface area contributed by atoms with E-state index in [0.29, 0.717) is 25.7 Å². The van der Waals surface area contributed by atoms with E-state index in [1.165, 1.54) is 4.90 Å². The van der Waals surface area contributed by atoms with E-state index < -0.39 is 5.54 Å². The maximum Gasteiger partial charge on any atom is 0.245 e. The van der Waals surface area contributed by atoms with Crippen molar-refractivity contribution in [2.75, 3.05) is 14.1 Å². The number of Topliss-reactive ketones (excluding diaryl/α,β-unsaturated/α-hetero) is 1. The Morgan fingerprint density at radius 2 is 1.89 bits per heavy atom. The molecule has 0 bridgehead atoms. The number of benzene rings is 1. The van der Waals surface area contributed by atoms with Crippen molar-refractivity contribution < 1.29 is 14.4 Å². The van der Waals surface area contributed by atoms with Gasteiger partial charge in [0.2, 0.25) is 11.8 Å². The second-order valence-corrected chi connectivity index (χ2v) is 7.89. The Morgan fingerprint density at radius 3 is 2.54 bits per heavy atom. The summed E-state index contributed by atoms with van der Waals surface area (Å²) in [5.74, 6) is -0.467. The number of nitrogens with zero attached hydrogens (tertiary/aromatic N) is 1. The molecule has 0 aliphatic heterocycles. The molecular formula is C22H31N3O3. The minimum absolute atomic E-state index is 0.0811. The van der Waals surface area contributed by atoms with E-state index >= 15 is 0 Å². The topological polar surface area (TPSA) is 82.3 Å². The van der Waals surface area contributed by atoms with Crippen LogP contribution in [0.2, 0.25) is 0 Å². The fourth-order valence-corrected chi connectivity index (χ4v) is 3.48. The monoisotopic (exact) mass is 385 g/mol. The smallest absolute Gasteiger partial charge is 0.245 e. The van der Waals surface area contributed by atoms with E-state index in [4.69, 9.17) is 0 Å². The van der Waals surface area contributed by atoms with Crippen molar-refractivity contribution in [1.29, 1.82) is 0 Å². The first kappa shape index (κ1) is 21.7. The fourth-order valence-electron chi connectivity index (χ4n) is 3.48. The number of carbonyl (C=O) groups excluding carboxylic acids is 3. The first-order valence-corrected chi connectivity index (χ1v) is 9.72. The van der Waals surface area contributed by atoms with Crippen LogP contribution in [0.25, 0.3) is 10.9 Å². The third-order valence-electron chi connectivity index (χ3n) is 5.52. The third kappa shape index (κ3) is 4.80. The Hall–Kier alpha value is -2.63. The summed E-state index contributed by atoms with van der Waals surface area (Å²) in [7, 11) is 3.24. The second kappa shape index (κ2) is 9.04. The van der Waals surface area contributed by atoms with Gasteiger partial charge in [0.05, 0.1) is 0 Å².